The Morgan fingerprint density at radius 2 is 2.11 bits per heavy atom. The van der Waals surface area contributed by atoms with Gasteiger partial charge in [-0.3, -0.25) is 0 Å². The lowest BCUT2D eigenvalue weighted by Gasteiger charge is -2.27. The smallest absolute Gasteiger partial charge is 0.123 e. The van der Waals surface area contributed by atoms with Crippen LogP contribution in [-0.4, -0.2) is 44.2 Å². The first-order chi connectivity index (χ1) is 9.29. The largest absolute Gasteiger partial charge is 0.494 e. The van der Waals surface area contributed by atoms with Gasteiger partial charge in [-0.2, -0.15) is 0 Å². The van der Waals surface area contributed by atoms with Gasteiger partial charge in [-0.1, -0.05) is 0 Å². The molecular weight excluding hydrogens is 243 g/mol. The molecule has 0 saturated carbocycles. The zero-order valence-electron chi connectivity index (χ0n) is 11.6. The van der Waals surface area contributed by atoms with Crippen LogP contribution in [-0.2, 0) is 6.42 Å². The van der Waals surface area contributed by atoms with Crippen molar-refractivity contribution in [2.45, 2.75) is 19.8 Å². The van der Waals surface area contributed by atoms with Crippen molar-refractivity contribution in [3.8, 4) is 5.75 Å². The molecule has 0 unspecified atom stereocenters. The molecule has 0 amide bonds. The molecule has 2 rings (SSSR count). The van der Waals surface area contributed by atoms with Gasteiger partial charge >= 0.3 is 0 Å². The Bertz CT molecular complexity index is 392. The van der Waals surface area contributed by atoms with Gasteiger partial charge in [0.15, 0.2) is 0 Å². The van der Waals surface area contributed by atoms with Crippen LogP contribution in [0.15, 0.2) is 18.2 Å². The van der Waals surface area contributed by atoms with Gasteiger partial charge in [-0.25, -0.2) is 4.39 Å². The Labute approximate surface area is 114 Å². The number of ether oxygens (including phenoxy) is 1. The molecule has 1 N–H and O–H groups in total. The Morgan fingerprint density at radius 1 is 1.32 bits per heavy atom. The van der Waals surface area contributed by atoms with Gasteiger partial charge in [-0.05, 0) is 50.1 Å². The molecule has 0 radical (unpaired) electrons. The molecule has 1 heterocycles. The number of benzene rings is 1. The minimum Gasteiger partial charge on any atom is -0.494 e. The van der Waals surface area contributed by atoms with E-state index in [1.165, 1.54) is 6.07 Å². The fourth-order valence-corrected chi connectivity index (χ4v) is 2.47. The van der Waals surface area contributed by atoms with Gasteiger partial charge in [-0.15, -0.1) is 0 Å². The zero-order valence-corrected chi connectivity index (χ0v) is 11.6. The second-order valence-electron chi connectivity index (χ2n) is 4.88. The molecule has 4 heteroatoms. The molecule has 1 fully saturated rings. The maximum absolute atomic E-state index is 13.3. The van der Waals surface area contributed by atoms with Crippen LogP contribution in [0.2, 0.25) is 0 Å². The Balaban J connectivity index is 1.85. The maximum atomic E-state index is 13.3. The number of piperazine rings is 1. The molecule has 0 bridgehead atoms. The highest BCUT2D eigenvalue weighted by molar-refractivity contribution is 5.34. The summed E-state index contributed by atoms with van der Waals surface area (Å²) in [6.07, 6.45) is 1.92. The Hall–Kier alpha value is -1.13. The predicted molar refractivity (Wildman–Crippen MR) is 75.2 cm³/mol. The van der Waals surface area contributed by atoms with Gasteiger partial charge in [0.25, 0.3) is 0 Å². The van der Waals surface area contributed by atoms with Crippen LogP contribution in [0.4, 0.5) is 4.39 Å². The second-order valence-corrected chi connectivity index (χ2v) is 4.88. The quantitative estimate of drug-likeness (QED) is 0.853. The van der Waals surface area contributed by atoms with E-state index in [1.54, 1.807) is 12.1 Å². The molecule has 19 heavy (non-hydrogen) atoms. The van der Waals surface area contributed by atoms with Crippen molar-refractivity contribution in [3.63, 3.8) is 0 Å². The van der Waals surface area contributed by atoms with Crippen molar-refractivity contribution in [3.05, 3.63) is 29.6 Å². The van der Waals surface area contributed by atoms with Crippen LogP contribution >= 0.6 is 0 Å². The van der Waals surface area contributed by atoms with E-state index in [-0.39, 0.29) is 5.82 Å². The average molecular weight is 266 g/mol. The summed E-state index contributed by atoms with van der Waals surface area (Å²) in [5, 5.41) is 3.34. The summed E-state index contributed by atoms with van der Waals surface area (Å²) in [5.41, 5.74) is 0.983. The number of nitrogens with one attached hydrogen (secondary N) is 1. The van der Waals surface area contributed by atoms with Crippen LogP contribution in [0, 0.1) is 5.82 Å². The first kappa shape index (κ1) is 14.3. The monoisotopic (exact) mass is 266 g/mol. The number of nitrogens with zero attached hydrogens (tertiary/aromatic N) is 1. The summed E-state index contributed by atoms with van der Waals surface area (Å²) in [5.74, 6) is 0.643. The predicted octanol–water partition coefficient (Wildman–Crippen LogP) is 2.06. The molecule has 0 aliphatic carbocycles. The maximum Gasteiger partial charge on any atom is 0.123 e. The fraction of sp³-hybridized carbons (Fsp3) is 0.600. The number of aryl methyl sites for hydroxylation is 1. The standard InChI is InChI=1S/C15H23FN2O/c1-2-19-15-6-5-14(16)12-13(15)4-3-9-18-10-7-17-8-11-18/h5-6,12,17H,2-4,7-11H2,1H3. The van der Waals surface area contributed by atoms with Crippen molar-refractivity contribution in [1.82, 2.24) is 10.2 Å². The van der Waals surface area contributed by atoms with Crippen molar-refractivity contribution < 1.29 is 9.13 Å². The molecule has 1 aromatic rings. The fourth-order valence-electron chi connectivity index (χ4n) is 2.47. The molecule has 1 aliphatic rings. The van der Waals surface area contributed by atoms with Crippen LogP contribution in [0.25, 0.3) is 0 Å². The average Bonchev–Trinajstić information content (AvgIpc) is 2.43. The van der Waals surface area contributed by atoms with Gasteiger partial charge in [0, 0.05) is 26.2 Å². The van der Waals surface area contributed by atoms with Crippen molar-refractivity contribution in [2.75, 3.05) is 39.3 Å². The number of rotatable bonds is 6. The summed E-state index contributed by atoms with van der Waals surface area (Å²) in [4.78, 5) is 2.45. The van der Waals surface area contributed by atoms with Crippen molar-refractivity contribution in [1.29, 1.82) is 0 Å². The third kappa shape index (κ3) is 4.48. The summed E-state index contributed by atoms with van der Waals surface area (Å²) in [7, 11) is 0. The molecule has 0 spiro atoms. The van der Waals surface area contributed by atoms with Crippen LogP contribution in [0.1, 0.15) is 18.9 Å². The van der Waals surface area contributed by atoms with Crippen molar-refractivity contribution in [2.24, 2.45) is 0 Å². The van der Waals surface area contributed by atoms with Crippen LogP contribution in [0.3, 0.4) is 0 Å². The lowest BCUT2D eigenvalue weighted by atomic mass is 10.1. The number of halogens is 1. The molecule has 106 valence electrons. The molecule has 1 aliphatic heterocycles. The summed E-state index contributed by atoms with van der Waals surface area (Å²) >= 11 is 0. The highest BCUT2D eigenvalue weighted by atomic mass is 19.1. The van der Waals surface area contributed by atoms with E-state index in [9.17, 15) is 4.39 Å². The SMILES string of the molecule is CCOc1ccc(F)cc1CCCN1CCNCC1. The summed E-state index contributed by atoms with van der Waals surface area (Å²) in [6.45, 7) is 8.02. The topological polar surface area (TPSA) is 24.5 Å². The minimum absolute atomic E-state index is 0.180. The van der Waals surface area contributed by atoms with Gasteiger partial charge in [0.05, 0.1) is 6.61 Å². The Morgan fingerprint density at radius 3 is 2.84 bits per heavy atom. The first-order valence-corrected chi connectivity index (χ1v) is 7.14. The van der Waals surface area contributed by atoms with Crippen molar-refractivity contribution >= 4 is 0 Å². The lowest BCUT2D eigenvalue weighted by Crippen LogP contribution is -2.43. The van der Waals surface area contributed by atoms with Gasteiger partial charge in [0.2, 0.25) is 0 Å². The third-order valence-electron chi connectivity index (χ3n) is 3.45. The molecule has 1 aromatic carbocycles. The van der Waals surface area contributed by atoms with E-state index < -0.39 is 0 Å². The highest BCUT2D eigenvalue weighted by Crippen LogP contribution is 2.21. The van der Waals surface area contributed by atoms with E-state index in [4.69, 9.17) is 4.74 Å². The number of hydrogen-bond acceptors (Lipinski definition) is 3. The molecule has 3 nitrogen and oxygen atoms in total. The van der Waals surface area contributed by atoms with E-state index in [2.05, 4.69) is 10.2 Å². The lowest BCUT2D eigenvalue weighted by molar-refractivity contribution is 0.238. The Kier molecular flexibility index (Phi) is 5.61. The van der Waals surface area contributed by atoms with E-state index in [0.717, 1.165) is 56.9 Å². The highest BCUT2D eigenvalue weighted by Gasteiger charge is 2.10. The van der Waals surface area contributed by atoms with E-state index in [1.807, 2.05) is 6.92 Å². The molecule has 0 aromatic heterocycles. The molecular formula is C15H23FN2O. The minimum atomic E-state index is -0.180. The molecule has 0 atom stereocenters. The van der Waals surface area contributed by atoms with Crippen LogP contribution in [0.5, 0.6) is 5.75 Å². The normalized spacial score (nSPS) is 16.5. The van der Waals surface area contributed by atoms with Gasteiger partial charge in [0.1, 0.15) is 11.6 Å². The summed E-state index contributed by atoms with van der Waals surface area (Å²) in [6, 6.07) is 4.80. The second kappa shape index (κ2) is 7.46. The number of hydrogen-bond donors (Lipinski definition) is 1. The van der Waals surface area contributed by atoms with E-state index >= 15 is 0 Å². The summed E-state index contributed by atoms with van der Waals surface area (Å²) < 4.78 is 18.8. The van der Waals surface area contributed by atoms with Crippen LogP contribution < -0.4 is 10.1 Å². The first-order valence-electron chi connectivity index (χ1n) is 7.14. The van der Waals surface area contributed by atoms with Gasteiger partial charge < -0.3 is 15.0 Å². The van der Waals surface area contributed by atoms with E-state index in [0.29, 0.717) is 6.61 Å². The zero-order chi connectivity index (χ0) is 13.5. The molecule has 1 saturated heterocycles. The third-order valence-corrected chi connectivity index (χ3v) is 3.45.